The van der Waals surface area contributed by atoms with Crippen LogP contribution >= 0.6 is 11.8 Å². The molecule has 0 bridgehead atoms. The number of ketones is 1. The average Bonchev–Trinajstić information content (AvgIpc) is 3.14. The molecule has 1 aromatic heterocycles. The Balaban J connectivity index is 1.91. The van der Waals surface area contributed by atoms with Gasteiger partial charge in [-0.15, -0.1) is 5.10 Å². The molecular weight excluding hydrogens is 420 g/mol. The predicted octanol–water partition coefficient (Wildman–Crippen LogP) is 5.55. The maximum Gasteiger partial charge on any atom is 0.214 e. The van der Waals surface area contributed by atoms with Crippen molar-refractivity contribution in [1.29, 1.82) is 0 Å². The smallest absolute Gasteiger partial charge is 0.214 e. The van der Waals surface area contributed by atoms with Gasteiger partial charge in [-0.1, -0.05) is 65.4 Å². The molecule has 0 aliphatic carbocycles. The predicted molar refractivity (Wildman–Crippen MR) is 129 cm³/mol. The van der Waals surface area contributed by atoms with Gasteiger partial charge < -0.3 is 5.11 Å². The fourth-order valence-electron chi connectivity index (χ4n) is 3.52. The number of thioether (sulfide) groups is 1. The molecule has 0 aliphatic heterocycles. The Bertz CT molecular complexity index is 1120. The molecule has 0 amide bonds. The normalized spacial score (nSPS) is 12.2. The first-order valence-corrected chi connectivity index (χ1v) is 11.7. The zero-order valence-corrected chi connectivity index (χ0v) is 21.0. The van der Waals surface area contributed by atoms with Gasteiger partial charge in [0.2, 0.25) is 5.16 Å². The lowest BCUT2D eigenvalue weighted by molar-refractivity contribution is 0.102. The highest BCUT2D eigenvalue weighted by Gasteiger charge is 2.28. The minimum atomic E-state index is -0.291. The van der Waals surface area contributed by atoms with Gasteiger partial charge in [0.15, 0.2) is 5.78 Å². The van der Waals surface area contributed by atoms with Crippen LogP contribution in [0.3, 0.4) is 0 Å². The van der Waals surface area contributed by atoms with E-state index in [1.165, 1.54) is 11.8 Å². The largest absolute Gasteiger partial charge is 0.507 e. The van der Waals surface area contributed by atoms with Crippen molar-refractivity contribution in [2.45, 2.75) is 71.4 Å². The molecular formula is C25H32N4O2S. The topological polar surface area (TPSA) is 80.9 Å². The van der Waals surface area contributed by atoms with Crippen LogP contribution in [0, 0.1) is 13.8 Å². The van der Waals surface area contributed by atoms with Crippen molar-refractivity contribution in [2.24, 2.45) is 0 Å². The zero-order chi connectivity index (χ0) is 23.8. The minimum absolute atomic E-state index is 0.0264. The Kier molecular flexibility index (Phi) is 6.52. The van der Waals surface area contributed by atoms with Gasteiger partial charge >= 0.3 is 0 Å². The van der Waals surface area contributed by atoms with Gasteiger partial charge in [-0.2, -0.15) is 4.68 Å². The van der Waals surface area contributed by atoms with E-state index in [9.17, 15) is 9.90 Å². The van der Waals surface area contributed by atoms with Gasteiger partial charge in [0.05, 0.1) is 11.4 Å². The number of rotatable bonds is 5. The molecule has 170 valence electrons. The third kappa shape index (κ3) is 5.04. The lowest BCUT2D eigenvalue weighted by atomic mass is 9.78. The molecule has 0 saturated carbocycles. The molecule has 0 radical (unpaired) electrons. The number of aryl methyl sites for hydroxylation is 2. The van der Waals surface area contributed by atoms with Gasteiger partial charge in [0, 0.05) is 16.7 Å². The summed E-state index contributed by atoms with van der Waals surface area (Å²) in [6, 6.07) is 9.75. The first-order valence-electron chi connectivity index (χ1n) is 10.7. The number of benzene rings is 2. The molecule has 7 heteroatoms. The number of phenolic OH excluding ortho intramolecular Hbond substituents is 1. The second-order valence-corrected chi connectivity index (χ2v) is 11.2. The van der Waals surface area contributed by atoms with Crippen LogP contribution < -0.4 is 0 Å². The number of aromatic hydroxyl groups is 1. The first kappa shape index (κ1) is 24.0. The van der Waals surface area contributed by atoms with Crippen molar-refractivity contribution in [1.82, 2.24) is 20.2 Å². The van der Waals surface area contributed by atoms with E-state index in [2.05, 4.69) is 15.5 Å². The molecule has 3 aromatic rings. The van der Waals surface area contributed by atoms with Crippen LogP contribution in [0.4, 0.5) is 0 Å². The van der Waals surface area contributed by atoms with Gasteiger partial charge in [-0.05, 0) is 64.4 Å². The Hall–Kier alpha value is -2.67. The second kappa shape index (κ2) is 8.70. The van der Waals surface area contributed by atoms with Crippen molar-refractivity contribution >= 4 is 17.5 Å². The Morgan fingerprint density at radius 1 is 1.00 bits per heavy atom. The monoisotopic (exact) mass is 452 g/mol. The highest BCUT2D eigenvalue weighted by Crippen LogP contribution is 2.40. The van der Waals surface area contributed by atoms with E-state index in [0.717, 1.165) is 27.9 Å². The van der Waals surface area contributed by atoms with E-state index in [4.69, 9.17) is 0 Å². The first-order chi connectivity index (χ1) is 14.8. The third-order valence-electron chi connectivity index (χ3n) is 5.41. The van der Waals surface area contributed by atoms with E-state index in [0.29, 0.717) is 10.7 Å². The molecule has 3 rings (SSSR count). The van der Waals surface area contributed by atoms with E-state index in [1.807, 2.05) is 85.7 Å². The highest BCUT2D eigenvalue weighted by molar-refractivity contribution is 7.99. The van der Waals surface area contributed by atoms with Crippen molar-refractivity contribution in [2.75, 3.05) is 5.75 Å². The molecule has 1 N–H and O–H groups in total. The third-order valence-corrected chi connectivity index (χ3v) is 6.33. The molecule has 0 aliphatic rings. The number of phenols is 1. The number of hydrogen-bond donors (Lipinski definition) is 1. The fraction of sp³-hybridized carbons (Fsp3) is 0.440. The average molecular weight is 453 g/mol. The number of tetrazole rings is 1. The summed E-state index contributed by atoms with van der Waals surface area (Å²) in [6.45, 7) is 16.3. The summed E-state index contributed by atoms with van der Waals surface area (Å²) in [7, 11) is 0. The Morgan fingerprint density at radius 3 is 2.16 bits per heavy atom. The van der Waals surface area contributed by atoms with Crippen LogP contribution in [0.2, 0.25) is 0 Å². The van der Waals surface area contributed by atoms with Crippen LogP contribution in [0.5, 0.6) is 5.75 Å². The number of nitrogens with zero attached hydrogens (tertiary/aromatic N) is 4. The van der Waals surface area contributed by atoms with Crippen LogP contribution in [-0.4, -0.2) is 36.8 Å². The van der Waals surface area contributed by atoms with Gasteiger partial charge in [-0.3, -0.25) is 4.79 Å². The Morgan fingerprint density at radius 2 is 1.59 bits per heavy atom. The van der Waals surface area contributed by atoms with Crippen LogP contribution in [-0.2, 0) is 10.8 Å². The van der Waals surface area contributed by atoms with Crippen LogP contribution in [0.1, 0.15) is 74.2 Å². The molecule has 0 atom stereocenters. The summed E-state index contributed by atoms with van der Waals surface area (Å²) in [6.07, 6.45) is 0. The van der Waals surface area contributed by atoms with Gasteiger partial charge in [-0.25, -0.2) is 0 Å². The highest BCUT2D eigenvalue weighted by atomic mass is 32.2. The molecule has 1 heterocycles. The van der Waals surface area contributed by atoms with Gasteiger partial charge in [0.25, 0.3) is 0 Å². The number of carbonyl (C=O) groups excluding carboxylic acids is 1. The summed E-state index contributed by atoms with van der Waals surface area (Å²) >= 11 is 1.31. The van der Waals surface area contributed by atoms with Crippen molar-refractivity contribution in [3.63, 3.8) is 0 Å². The summed E-state index contributed by atoms with van der Waals surface area (Å²) in [5.74, 6) is 0.443. The quantitative estimate of drug-likeness (QED) is 0.403. The van der Waals surface area contributed by atoms with E-state index in [1.54, 1.807) is 4.68 Å². The lowest BCUT2D eigenvalue weighted by Crippen LogP contribution is -2.19. The molecule has 0 fully saturated rings. The summed E-state index contributed by atoms with van der Waals surface area (Å²) < 4.78 is 1.68. The lowest BCUT2D eigenvalue weighted by Gasteiger charge is -2.28. The maximum absolute atomic E-state index is 13.2. The summed E-state index contributed by atoms with van der Waals surface area (Å²) in [5, 5.41) is 23.6. The number of hydrogen-bond acceptors (Lipinski definition) is 6. The second-order valence-electron chi connectivity index (χ2n) is 10.3. The molecule has 6 nitrogen and oxygen atoms in total. The summed E-state index contributed by atoms with van der Waals surface area (Å²) in [5.41, 5.74) is 4.63. The number of aromatic nitrogens is 4. The SMILES string of the molecule is Cc1ccc(C)c(-n2nnnc2SCC(=O)c2cc(C(C)(C)C)c(O)c(C(C)(C)C)c2)c1. The van der Waals surface area contributed by atoms with Crippen LogP contribution in [0.15, 0.2) is 35.5 Å². The van der Waals surface area contributed by atoms with E-state index < -0.39 is 0 Å². The molecule has 32 heavy (non-hydrogen) atoms. The van der Waals surface area contributed by atoms with Crippen molar-refractivity contribution in [3.05, 3.63) is 58.1 Å². The number of carbonyl (C=O) groups is 1. The Labute approximate surface area is 194 Å². The molecule has 0 unspecified atom stereocenters. The van der Waals surface area contributed by atoms with Crippen LogP contribution in [0.25, 0.3) is 5.69 Å². The maximum atomic E-state index is 13.2. The van der Waals surface area contributed by atoms with E-state index in [-0.39, 0.29) is 28.1 Å². The van der Waals surface area contributed by atoms with Crippen molar-refractivity contribution < 1.29 is 9.90 Å². The van der Waals surface area contributed by atoms with E-state index >= 15 is 0 Å². The number of Topliss-reactive ketones (excluding diaryl/α,β-unsaturated/α-hetero) is 1. The molecule has 2 aromatic carbocycles. The molecule has 0 saturated heterocycles. The summed E-state index contributed by atoms with van der Waals surface area (Å²) in [4.78, 5) is 13.2. The molecule has 0 spiro atoms. The van der Waals surface area contributed by atoms with Crippen molar-refractivity contribution in [3.8, 4) is 11.4 Å². The zero-order valence-electron chi connectivity index (χ0n) is 20.1. The fourth-order valence-corrected chi connectivity index (χ4v) is 4.30. The minimum Gasteiger partial charge on any atom is -0.507 e. The van der Waals surface area contributed by atoms with Gasteiger partial charge in [0.1, 0.15) is 5.75 Å². The standard InChI is InChI=1S/C25H32N4O2S/c1-15-9-10-16(2)20(11-15)29-23(26-27-28-29)32-14-21(30)17-12-18(24(3,4)5)22(31)19(13-17)25(6,7)8/h9-13,31H,14H2,1-8H3.